The number of hydrogen-bond donors (Lipinski definition) is 2. The van der Waals surface area contributed by atoms with Crippen molar-refractivity contribution in [3.8, 4) is 11.5 Å². The number of hydrogen-bond acceptors (Lipinski definition) is 7. The van der Waals surface area contributed by atoms with Crippen LogP contribution in [0.4, 0.5) is 5.69 Å². The minimum Gasteiger partial charge on any atom is -0.467 e. The van der Waals surface area contributed by atoms with E-state index in [2.05, 4.69) is 15.6 Å². The van der Waals surface area contributed by atoms with E-state index in [-0.39, 0.29) is 24.8 Å². The zero-order chi connectivity index (χ0) is 25.0. The van der Waals surface area contributed by atoms with E-state index in [1.165, 1.54) is 18.7 Å². The van der Waals surface area contributed by atoms with E-state index in [0.717, 1.165) is 10.5 Å². The average Bonchev–Trinajstić information content (AvgIpc) is 3.51. The molecule has 0 bridgehead atoms. The Morgan fingerprint density at radius 3 is 2.57 bits per heavy atom. The van der Waals surface area contributed by atoms with Crippen LogP contribution in [0.2, 0.25) is 0 Å². The van der Waals surface area contributed by atoms with Gasteiger partial charge in [0.25, 0.3) is 5.91 Å². The molecule has 3 heterocycles. The van der Waals surface area contributed by atoms with Gasteiger partial charge in [0.05, 0.1) is 18.1 Å². The highest BCUT2D eigenvalue weighted by atomic mass is 16.7. The highest BCUT2D eigenvalue weighted by Crippen LogP contribution is 2.32. The molecule has 2 aromatic heterocycles. The Morgan fingerprint density at radius 1 is 1.09 bits per heavy atom. The monoisotopic (exact) mass is 478 g/mol. The number of pyridine rings is 1. The van der Waals surface area contributed by atoms with Crippen molar-refractivity contribution in [2.75, 3.05) is 11.7 Å². The quantitative estimate of drug-likeness (QED) is 0.522. The van der Waals surface area contributed by atoms with Gasteiger partial charge in [-0.1, -0.05) is 6.07 Å². The zero-order valence-corrected chi connectivity index (χ0v) is 19.6. The first kappa shape index (κ1) is 23.8. The van der Waals surface area contributed by atoms with E-state index >= 15 is 0 Å². The summed E-state index contributed by atoms with van der Waals surface area (Å²) in [7, 11) is 0. The molecule has 0 saturated heterocycles. The van der Waals surface area contributed by atoms with Crippen LogP contribution in [0.3, 0.4) is 0 Å². The van der Waals surface area contributed by atoms with Gasteiger partial charge in [0.2, 0.25) is 6.79 Å². The van der Waals surface area contributed by atoms with E-state index < -0.39 is 29.3 Å². The van der Waals surface area contributed by atoms with Crippen molar-refractivity contribution in [3.05, 3.63) is 72.4 Å². The van der Waals surface area contributed by atoms with Crippen LogP contribution < -0.4 is 25.0 Å². The number of carbonyl (C=O) groups excluding carboxylic acids is 3. The van der Waals surface area contributed by atoms with Gasteiger partial charge < -0.3 is 24.5 Å². The second-order valence-electron chi connectivity index (χ2n) is 8.91. The first-order valence-corrected chi connectivity index (χ1v) is 11.0. The van der Waals surface area contributed by atoms with Crippen molar-refractivity contribution in [2.45, 2.75) is 38.9 Å². The number of furan rings is 1. The van der Waals surface area contributed by atoms with E-state index in [1.54, 1.807) is 42.5 Å². The Kier molecular flexibility index (Phi) is 6.72. The number of rotatable bonds is 6. The Morgan fingerprint density at radius 2 is 1.89 bits per heavy atom. The molecule has 0 spiro atoms. The first-order chi connectivity index (χ1) is 16.7. The summed E-state index contributed by atoms with van der Waals surface area (Å²) in [6.07, 6.45) is 4.34. The van der Waals surface area contributed by atoms with E-state index in [0.29, 0.717) is 11.5 Å². The Labute approximate surface area is 202 Å². The molecule has 0 aliphatic carbocycles. The number of nitrogens with zero attached hydrogens (tertiary/aromatic N) is 2. The van der Waals surface area contributed by atoms with Crippen LogP contribution in [0, 0.1) is 0 Å². The molecule has 0 saturated carbocycles. The second kappa shape index (κ2) is 9.88. The lowest BCUT2D eigenvalue weighted by molar-refractivity contribution is -0.139. The van der Waals surface area contributed by atoms with Crippen molar-refractivity contribution < 1.29 is 28.3 Å². The van der Waals surface area contributed by atoms with Gasteiger partial charge in [-0.15, -0.1) is 0 Å². The largest absolute Gasteiger partial charge is 0.467 e. The molecule has 0 radical (unpaired) electrons. The highest BCUT2D eigenvalue weighted by Gasteiger charge is 2.38. The Bertz CT molecular complexity index is 1200. The van der Waals surface area contributed by atoms with Gasteiger partial charge >= 0.3 is 11.8 Å². The topological polar surface area (TPSA) is 123 Å². The number of nitrogens with one attached hydrogen (secondary N) is 2. The number of aromatic nitrogens is 1. The molecule has 10 heteroatoms. The molecule has 0 fully saturated rings. The SMILES string of the molecule is CC(C)(C)NC(=O)[C@H](c1ccco1)N(C(=O)C(=O)NCc1ccc2c(c1)OCO2)c1cccnc1. The second-order valence-corrected chi connectivity index (χ2v) is 8.91. The van der Waals surface area contributed by atoms with Crippen LogP contribution in [0.5, 0.6) is 11.5 Å². The van der Waals surface area contributed by atoms with Gasteiger partial charge in [-0.25, -0.2) is 0 Å². The number of amides is 3. The lowest BCUT2D eigenvalue weighted by Crippen LogP contribution is -2.52. The molecule has 10 nitrogen and oxygen atoms in total. The number of carbonyl (C=O) groups is 3. The van der Waals surface area contributed by atoms with Gasteiger partial charge in [0.1, 0.15) is 5.76 Å². The summed E-state index contributed by atoms with van der Waals surface area (Å²) < 4.78 is 16.2. The van der Waals surface area contributed by atoms with Crippen molar-refractivity contribution in [2.24, 2.45) is 0 Å². The summed E-state index contributed by atoms with van der Waals surface area (Å²) in [5.41, 5.74) is 0.394. The summed E-state index contributed by atoms with van der Waals surface area (Å²) >= 11 is 0. The van der Waals surface area contributed by atoms with Crippen LogP contribution in [-0.2, 0) is 20.9 Å². The van der Waals surface area contributed by atoms with Crippen LogP contribution in [-0.4, -0.2) is 35.0 Å². The number of benzene rings is 1. The van der Waals surface area contributed by atoms with Crippen LogP contribution in [0.25, 0.3) is 0 Å². The summed E-state index contributed by atoms with van der Waals surface area (Å²) in [4.78, 5) is 45.0. The maximum Gasteiger partial charge on any atom is 0.317 e. The summed E-state index contributed by atoms with van der Waals surface area (Å²) in [5, 5.41) is 5.48. The fraction of sp³-hybridized carbons (Fsp3) is 0.280. The van der Waals surface area contributed by atoms with Crippen molar-refractivity contribution >= 4 is 23.4 Å². The van der Waals surface area contributed by atoms with Gasteiger partial charge in [-0.2, -0.15) is 0 Å². The molecule has 0 unspecified atom stereocenters. The van der Waals surface area contributed by atoms with E-state index in [4.69, 9.17) is 13.9 Å². The fourth-order valence-corrected chi connectivity index (χ4v) is 3.56. The summed E-state index contributed by atoms with van der Waals surface area (Å²) in [6, 6.07) is 10.4. The third kappa shape index (κ3) is 5.60. The fourth-order valence-electron chi connectivity index (χ4n) is 3.56. The number of fused-ring (bicyclic) bond motifs is 1. The lowest BCUT2D eigenvalue weighted by Gasteiger charge is -2.31. The Hall–Kier alpha value is -4.34. The maximum atomic E-state index is 13.5. The molecule has 1 aliphatic heterocycles. The molecule has 3 aromatic rings. The molecule has 1 atom stereocenters. The third-order valence-corrected chi connectivity index (χ3v) is 5.04. The van der Waals surface area contributed by atoms with Gasteiger partial charge in [0.15, 0.2) is 17.5 Å². The summed E-state index contributed by atoms with van der Waals surface area (Å²) in [6.45, 7) is 5.66. The van der Waals surface area contributed by atoms with Crippen LogP contribution in [0.1, 0.15) is 38.1 Å². The zero-order valence-electron chi connectivity index (χ0n) is 19.6. The molecule has 1 aliphatic rings. The minimum absolute atomic E-state index is 0.0711. The molecule has 35 heavy (non-hydrogen) atoms. The van der Waals surface area contributed by atoms with Gasteiger partial charge in [-0.3, -0.25) is 24.3 Å². The van der Waals surface area contributed by atoms with Gasteiger partial charge in [0, 0.05) is 18.3 Å². The average molecular weight is 479 g/mol. The van der Waals surface area contributed by atoms with E-state index in [9.17, 15) is 14.4 Å². The van der Waals surface area contributed by atoms with Gasteiger partial charge in [-0.05, 0) is 62.7 Å². The molecular formula is C25H26N4O6. The van der Waals surface area contributed by atoms with Crippen LogP contribution in [0.15, 0.2) is 65.5 Å². The van der Waals surface area contributed by atoms with Crippen LogP contribution >= 0.6 is 0 Å². The molecular weight excluding hydrogens is 452 g/mol. The molecule has 1 aromatic carbocycles. The molecule has 2 N–H and O–H groups in total. The lowest BCUT2D eigenvalue weighted by atomic mass is 10.1. The van der Waals surface area contributed by atoms with E-state index in [1.807, 2.05) is 20.8 Å². The predicted molar refractivity (Wildman–Crippen MR) is 125 cm³/mol. The smallest absolute Gasteiger partial charge is 0.317 e. The van der Waals surface area contributed by atoms with Crippen molar-refractivity contribution in [3.63, 3.8) is 0 Å². The number of anilines is 1. The Balaban J connectivity index is 1.61. The third-order valence-electron chi connectivity index (χ3n) is 5.04. The first-order valence-electron chi connectivity index (χ1n) is 11.0. The van der Waals surface area contributed by atoms with Crippen molar-refractivity contribution in [1.29, 1.82) is 0 Å². The predicted octanol–water partition coefficient (Wildman–Crippen LogP) is 2.71. The summed E-state index contributed by atoms with van der Waals surface area (Å²) in [5.74, 6) is -0.960. The highest BCUT2D eigenvalue weighted by molar-refractivity contribution is 6.41. The molecule has 3 amide bonds. The molecule has 182 valence electrons. The normalized spacial score (nSPS) is 13.1. The van der Waals surface area contributed by atoms with Crippen molar-refractivity contribution in [1.82, 2.24) is 15.6 Å². The standard InChI is InChI=1S/C25H26N4O6/c1-25(2,3)28-22(30)21(19-7-5-11-33-19)29(17-6-4-10-26-14-17)24(32)23(31)27-13-16-8-9-18-20(12-16)35-15-34-18/h4-12,14,21H,13,15H2,1-3H3,(H,27,31)(H,28,30)/t21-/m0/s1. The number of ether oxygens (including phenoxy) is 2. The molecule has 4 rings (SSSR count). The minimum atomic E-state index is -1.24. The maximum absolute atomic E-state index is 13.5.